The lowest BCUT2D eigenvalue weighted by atomic mass is 9.74. The van der Waals surface area contributed by atoms with E-state index in [2.05, 4.69) is 31.9 Å². The van der Waals surface area contributed by atoms with Gasteiger partial charge in [-0.15, -0.1) is 0 Å². The molecular formula is C17H24ClNO. The van der Waals surface area contributed by atoms with Gasteiger partial charge in [0.05, 0.1) is 0 Å². The zero-order chi connectivity index (χ0) is 14.7. The van der Waals surface area contributed by atoms with Gasteiger partial charge in [-0.05, 0) is 43.0 Å². The van der Waals surface area contributed by atoms with Crippen LogP contribution in [0.15, 0.2) is 24.3 Å². The molecule has 0 bridgehead atoms. The van der Waals surface area contributed by atoms with E-state index in [1.54, 1.807) is 0 Å². The molecule has 1 aromatic rings. The van der Waals surface area contributed by atoms with Crippen LogP contribution in [-0.2, 0) is 11.3 Å². The Morgan fingerprint density at radius 3 is 2.75 bits per heavy atom. The Bertz CT molecular complexity index is 474. The Morgan fingerprint density at radius 2 is 2.10 bits per heavy atom. The number of ketones is 1. The Morgan fingerprint density at radius 1 is 1.35 bits per heavy atom. The predicted molar refractivity (Wildman–Crippen MR) is 83.8 cm³/mol. The maximum Gasteiger partial charge on any atom is 0.137 e. The molecular weight excluding hydrogens is 270 g/mol. The molecule has 1 aromatic carbocycles. The molecule has 0 aliphatic heterocycles. The van der Waals surface area contributed by atoms with Crippen molar-refractivity contribution in [3.63, 3.8) is 0 Å². The topological polar surface area (TPSA) is 20.3 Å². The van der Waals surface area contributed by atoms with Crippen molar-refractivity contribution in [2.75, 3.05) is 13.6 Å². The van der Waals surface area contributed by atoms with Crippen molar-refractivity contribution >= 4 is 17.4 Å². The molecule has 0 spiro atoms. The minimum Gasteiger partial charge on any atom is -0.301 e. The van der Waals surface area contributed by atoms with E-state index in [0.717, 1.165) is 24.5 Å². The number of Topliss-reactive ketones (excluding diaryl/α,β-unsaturated/α-hetero) is 1. The van der Waals surface area contributed by atoms with E-state index in [9.17, 15) is 4.79 Å². The van der Waals surface area contributed by atoms with E-state index in [4.69, 9.17) is 11.6 Å². The van der Waals surface area contributed by atoms with Crippen LogP contribution in [-0.4, -0.2) is 24.3 Å². The van der Waals surface area contributed by atoms with Gasteiger partial charge in [0.2, 0.25) is 0 Å². The van der Waals surface area contributed by atoms with Gasteiger partial charge in [0.25, 0.3) is 0 Å². The number of rotatable bonds is 4. The molecule has 0 amide bonds. The van der Waals surface area contributed by atoms with Crippen molar-refractivity contribution in [2.45, 2.75) is 33.2 Å². The van der Waals surface area contributed by atoms with Crippen molar-refractivity contribution in [1.29, 1.82) is 0 Å². The second-order valence-electron chi connectivity index (χ2n) is 6.42. The predicted octanol–water partition coefficient (Wildman–Crippen LogP) is 4.02. The minimum atomic E-state index is 0.190. The molecule has 0 heterocycles. The van der Waals surface area contributed by atoms with Crippen LogP contribution in [0, 0.1) is 17.8 Å². The monoisotopic (exact) mass is 293 g/mol. The van der Waals surface area contributed by atoms with Gasteiger partial charge < -0.3 is 4.90 Å². The molecule has 0 N–H and O–H groups in total. The maximum absolute atomic E-state index is 12.2. The Balaban J connectivity index is 1.94. The number of benzene rings is 1. The molecule has 3 heteroatoms. The highest BCUT2D eigenvalue weighted by Gasteiger charge is 2.32. The van der Waals surface area contributed by atoms with Crippen LogP contribution in [0.3, 0.4) is 0 Å². The quantitative estimate of drug-likeness (QED) is 0.835. The fraction of sp³-hybridized carbons (Fsp3) is 0.588. The molecule has 110 valence electrons. The average Bonchev–Trinajstić information content (AvgIpc) is 2.33. The summed E-state index contributed by atoms with van der Waals surface area (Å²) in [5.74, 6) is 1.67. The third kappa shape index (κ3) is 4.07. The van der Waals surface area contributed by atoms with Crippen LogP contribution in [0.5, 0.6) is 0 Å². The van der Waals surface area contributed by atoms with Crippen molar-refractivity contribution < 1.29 is 4.79 Å². The van der Waals surface area contributed by atoms with Gasteiger partial charge in [0.1, 0.15) is 5.78 Å². The van der Waals surface area contributed by atoms with Crippen LogP contribution in [0.4, 0.5) is 0 Å². The van der Waals surface area contributed by atoms with Crippen LogP contribution in [0.2, 0.25) is 5.02 Å². The lowest BCUT2D eigenvalue weighted by molar-refractivity contribution is -0.128. The van der Waals surface area contributed by atoms with E-state index >= 15 is 0 Å². The van der Waals surface area contributed by atoms with E-state index in [1.165, 1.54) is 12.0 Å². The number of hydrogen-bond donors (Lipinski definition) is 0. The third-order valence-electron chi connectivity index (χ3n) is 4.27. The maximum atomic E-state index is 12.2. The first-order chi connectivity index (χ1) is 9.45. The zero-order valence-corrected chi connectivity index (χ0v) is 13.4. The van der Waals surface area contributed by atoms with E-state index in [-0.39, 0.29) is 5.92 Å². The summed E-state index contributed by atoms with van der Waals surface area (Å²) >= 11 is 6.01. The molecule has 2 rings (SSSR count). The minimum absolute atomic E-state index is 0.190. The molecule has 3 unspecified atom stereocenters. The van der Waals surface area contributed by atoms with Gasteiger partial charge >= 0.3 is 0 Å². The summed E-state index contributed by atoms with van der Waals surface area (Å²) in [5, 5.41) is 0.770. The first-order valence-corrected chi connectivity index (χ1v) is 7.79. The zero-order valence-electron chi connectivity index (χ0n) is 12.6. The van der Waals surface area contributed by atoms with Crippen LogP contribution < -0.4 is 0 Å². The summed E-state index contributed by atoms with van der Waals surface area (Å²) in [6, 6.07) is 7.93. The van der Waals surface area contributed by atoms with E-state index in [0.29, 0.717) is 17.6 Å². The van der Waals surface area contributed by atoms with Crippen LogP contribution in [0.25, 0.3) is 0 Å². The Labute approximate surface area is 127 Å². The summed E-state index contributed by atoms with van der Waals surface area (Å²) in [6.07, 6.45) is 1.92. The molecule has 1 aliphatic carbocycles. The highest BCUT2D eigenvalue weighted by Crippen LogP contribution is 2.31. The molecule has 3 atom stereocenters. The summed E-state index contributed by atoms with van der Waals surface area (Å²) in [5.41, 5.74) is 1.20. The molecule has 0 saturated heterocycles. The largest absolute Gasteiger partial charge is 0.301 e. The summed E-state index contributed by atoms with van der Waals surface area (Å²) in [7, 11) is 2.08. The van der Waals surface area contributed by atoms with E-state index in [1.807, 2.05) is 18.2 Å². The highest BCUT2D eigenvalue weighted by molar-refractivity contribution is 6.30. The van der Waals surface area contributed by atoms with Crippen molar-refractivity contribution in [1.82, 2.24) is 4.90 Å². The van der Waals surface area contributed by atoms with Crippen molar-refractivity contribution in [3.05, 3.63) is 34.9 Å². The van der Waals surface area contributed by atoms with Gasteiger partial charge in [0.15, 0.2) is 0 Å². The first-order valence-electron chi connectivity index (χ1n) is 7.41. The highest BCUT2D eigenvalue weighted by atomic mass is 35.5. The van der Waals surface area contributed by atoms with Crippen LogP contribution in [0.1, 0.15) is 32.3 Å². The van der Waals surface area contributed by atoms with Gasteiger partial charge in [-0.1, -0.05) is 37.6 Å². The fourth-order valence-corrected chi connectivity index (χ4v) is 3.54. The fourth-order valence-electron chi connectivity index (χ4n) is 3.32. The smallest absolute Gasteiger partial charge is 0.137 e. The normalized spacial score (nSPS) is 27.1. The molecule has 0 aromatic heterocycles. The summed E-state index contributed by atoms with van der Waals surface area (Å²) in [4.78, 5) is 14.4. The third-order valence-corrected chi connectivity index (χ3v) is 4.51. The second kappa shape index (κ2) is 6.73. The second-order valence-corrected chi connectivity index (χ2v) is 6.86. The standard InChI is InChI=1S/C17H24ClNO/c1-12-7-13(2)16(17(20)8-12)11-19(3)10-14-5-4-6-15(18)9-14/h4-6,9,12-13,16H,7-8,10-11H2,1-3H3. The van der Waals surface area contributed by atoms with Crippen molar-refractivity contribution in [2.24, 2.45) is 17.8 Å². The SMILES string of the molecule is CC1CC(=O)C(CN(C)Cc2cccc(Cl)c2)C(C)C1. The Kier molecular flexibility index (Phi) is 5.22. The van der Waals surface area contributed by atoms with Gasteiger partial charge in [-0.2, -0.15) is 0 Å². The Hall–Kier alpha value is -0.860. The number of carbonyl (C=O) groups is 1. The summed E-state index contributed by atoms with van der Waals surface area (Å²) < 4.78 is 0. The molecule has 1 saturated carbocycles. The van der Waals surface area contributed by atoms with Gasteiger partial charge in [-0.3, -0.25) is 4.79 Å². The number of halogens is 1. The molecule has 0 radical (unpaired) electrons. The number of hydrogen-bond acceptors (Lipinski definition) is 2. The van der Waals surface area contributed by atoms with Crippen molar-refractivity contribution in [3.8, 4) is 0 Å². The average molecular weight is 294 g/mol. The lowest BCUT2D eigenvalue weighted by Crippen LogP contribution is -2.38. The number of carbonyl (C=O) groups excluding carboxylic acids is 1. The van der Waals surface area contributed by atoms with Gasteiger partial charge in [0, 0.05) is 30.5 Å². The number of nitrogens with zero attached hydrogens (tertiary/aromatic N) is 1. The van der Waals surface area contributed by atoms with Crippen LogP contribution >= 0.6 is 11.6 Å². The lowest BCUT2D eigenvalue weighted by Gasteiger charge is -2.34. The molecule has 1 aliphatic rings. The summed E-state index contributed by atoms with van der Waals surface area (Å²) in [6.45, 7) is 6.08. The van der Waals surface area contributed by atoms with E-state index < -0.39 is 0 Å². The molecule has 2 nitrogen and oxygen atoms in total. The van der Waals surface area contributed by atoms with Gasteiger partial charge in [-0.25, -0.2) is 0 Å². The first kappa shape index (κ1) is 15.5. The molecule has 20 heavy (non-hydrogen) atoms. The molecule has 1 fully saturated rings.